The monoisotopic (exact) mass is 223 g/mol. The summed E-state index contributed by atoms with van der Waals surface area (Å²) >= 11 is 0. The number of methoxy groups -OCH3 is 1. The van der Waals surface area contributed by atoms with E-state index in [1.807, 2.05) is 0 Å². The maximum atomic E-state index is 10.9. The van der Waals surface area contributed by atoms with E-state index >= 15 is 0 Å². The van der Waals surface area contributed by atoms with Gasteiger partial charge in [0.25, 0.3) is 0 Å². The zero-order chi connectivity index (χ0) is 12.1. The Morgan fingerprint density at radius 2 is 1.88 bits per heavy atom. The fourth-order valence-electron chi connectivity index (χ4n) is 1.29. The van der Waals surface area contributed by atoms with Gasteiger partial charge in [-0.25, -0.2) is 4.79 Å². The van der Waals surface area contributed by atoms with E-state index in [0.29, 0.717) is 11.3 Å². The minimum absolute atomic E-state index is 0.386. The molecule has 0 saturated carbocycles. The number of ether oxygens (including phenoxy) is 1. The number of rotatable bonds is 4. The number of carboxylic acid groups (broad SMARTS) is 1. The van der Waals surface area contributed by atoms with Crippen molar-refractivity contribution in [1.29, 1.82) is 0 Å². The zero-order valence-corrected chi connectivity index (χ0v) is 9.06. The highest BCUT2D eigenvalue weighted by molar-refractivity contribution is 5.83. The van der Waals surface area contributed by atoms with Gasteiger partial charge in [0.2, 0.25) is 5.91 Å². The Hall–Kier alpha value is -2.04. The van der Waals surface area contributed by atoms with E-state index in [-0.39, 0.29) is 5.91 Å². The van der Waals surface area contributed by atoms with Gasteiger partial charge < -0.3 is 15.2 Å². The van der Waals surface area contributed by atoms with Gasteiger partial charge >= 0.3 is 5.97 Å². The Morgan fingerprint density at radius 3 is 2.25 bits per heavy atom. The topological polar surface area (TPSA) is 75.6 Å². The van der Waals surface area contributed by atoms with Crippen molar-refractivity contribution >= 4 is 11.9 Å². The molecule has 86 valence electrons. The molecular weight excluding hydrogens is 210 g/mol. The van der Waals surface area contributed by atoms with Crippen LogP contribution in [0.1, 0.15) is 18.5 Å². The molecule has 2 N–H and O–H groups in total. The van der Waals surface area contributed by atoms with Gasteiger partial charge in [-0.05, 0) is 17.7 Å². The number of carbonyl (C=O) groups excluding carboxylic acids is 1. The Balaban J connectivity index is 2.92. The number of benzene rings is 1. The van der Waals surface area contributed by atoms with Crippen molar-refractivity contribution in [2.75, 3.05) is 7.11 Å². The Morgan fingerprint density at radius 1 is 1.31 bits per heavy atom. The molecule has 1 aromatic rings. The summed E-state index contributed by atoms with van der Waals surface area (Å²) in [6.45, 7) is 1.28. The molecule has 0 aromatic heterocycles. The third-order valence-corrected chi connectivity index (χ3v) is 2.04. The Labute approximate surface area is 93.0 Å². The van der Waals surface area contributed by atoms with Crippen LogP contribution in [0.15, 0.2) is 24.3 Å². The third-order valence-electron chi connectivity index (χ3n) is 2.04. The first kappa shape index (κ1) is 12.0. The molecule has 5 heteroatoms. The molecule has 0 aliphatic rings. The van der Waals surface area contributed by atoms with Crippen molar-refractivity contribution in [2.45, 2.75) is 13.0 Å². The zero-order valence-electron chi connectivity index (χ0n) is 9.06. The largest absolute Gasteiger partial charge is 0.497 e. The van der Waals surface area contributed by atoms with Crippen LogP contribution < -0.4 is 10.1 Å². The van der Waals surface area contributed by atoms with Crippen LogP contribution in [0.5, 0.6) is 5.75 Å². The predicted octanol–water partition coefficient (Wildman–Crippen LogP) is 0.957. The van der Waals surface area contributed by atoms with Gasteiger partial charge in [0.15, 0.2) is 6.04 Å². The fourth-order valence-corrected chi connectivity index (χ4v) is 1.29. The molecule has 0 saturated heterocycles. The fraction of sp³-hybridized carbons (Fsp3) is 0.273. The van der Waals surface area contributed by atoms with Crippen molar-refractivity contribution in [1.82, 2.24) is 5.32 Å². The van der Waals surface area contributed by atoms with Crippen LogP contribution >= 0.6 is 0 Å². The van der Waals surface area contributed by atoms with Gasteiger partial charge in [-0.1, -0.05) is 12.1 Å². The second-order valence-electron chi connectivity index (χ2n) is 3.24. The first-order chi connectivity index (χ1) is 7.54. The average molecular weight is 223 g/mol. The molecule has 5 nitrogen and oxygen atoms in total. The molecule has 0 spiro atoms. The third kappa shape index (κ3) is 2.98. The van der Waals surface area contributed by atoms with Crippen LogP contribution in [0.3, 0.4) is 0 Å². The number of carboxylic acids is 1. The smallest absolute Gasteiger partial charge is 0.330 e. The minimum atomic E-state index is -1.10. The highest BCUT2D eigenvalue weighted by Gasteiger charge is 2.20. The summed E-state index contributed by atoms with van der Waals surface area (Å²) in [5.41, 5.74) is 0.503. The van der Waals surface area contributed by atoms with Crippen LogP contribution in [-0.2, 0) is 9.59 Å². The van der Waals surface area contributed by atoms with E-state index in [0.717, 1.165) is 0 Å². The summed E-state index contributed by atoms with van der Waals surface area (Å²) in [5, 5.41) is 11.3. The van der Waals surface area contributed by atoms with Crippen molar-refractivity contribution in [2.24, 2.45) is 0 Å². The highest BCUT2D eigenvalue weighted by Crippen LogP contribution is 2.17. The van der Waals surface area contributed by atoms with E-state index in [1.165, 1.54) is 14.0 Å². The lowest BCUT2D eigenvalue weighted by molar-refractivity contribution is -0.141. The number of hydrogen-bond acceptors (Lipinski definition) is 3. The lowest BCUT2D eigenvalue weighted by Gasteiger charge is -2.13. The molecule has 1 amide bonds. The van der Waals surface area contributed by atoms with E-state index in [2.05, 4.69) is 5.32 Å². The molecule has 1 aromatic carbocycles. The van der Waals surface area contributed by atoms with Gasteiger partial charge in [0, 0.05) is 6.92 Å². The van der Waals surface area contributed by atoms with Gasteiger partial charge in [-0.15, -0.1) is 0 Å². The van der Waals surface area contributed by atoms with E-state index in [1.54, 1.807) is 24.3 Å². The molecule has 0 radical (unpaired) electrons. The number of carbonyl (C=O) groups is 2. The van der Waals surface area contributed by atoms with Crippen LogP contribution in [0.4, 0.5) is 0 Å². The second kappa shape index (κ2) is 5.16. The summed E-state index contributed by atoms with van der Waals surface area (Å²) in [4.78, 5) is 21.8. The normalized spacial score (nSPS) is 11.6. The Kier molecular flexibility index (Phi) is 3.88. The van der Waals surface area contributed by atoms with E-state index < -0.39 is 12.0 Å². The van der Waals surface area contributed by atoms with Crippen molar-refractivity contribution in [3.05, 3.63) is 29.8 Å². The maximum absolute atomic E-state index is 10.9. The Bertz CT molecular complexity index is 385. The molecule has 0 heterocycles. The summed E-state index contributed by atoms with van der Waals surface area (Å²) < 4.78 is 4.96. The average Bonchev–Trinajstić information content (AvgIpc) is 2.25. The lowest BCUT2D eigenvalue weighted by atomic mass is 10.1. The van der Waals surface area contributed by atoms with Gasteiger partial charge in [-0.2, -0.15) is 0 Å². The minimum Gasteiger partial charge on any atom is -0.497 e. The lowest BCUT2D eigenvalue weighted by Crippen LogP contribution is -2.31. The SMILES string of the molecule is COc1ccc([C@@H](NC(C)=O)C(=O)O)cc1. The maximum Gasteiger partial charge on any atom is 0.330 e. The standard InChI is InChI=1S/C11H13NO4/c1-7(13)12-10(11(14)15)8-3-5-9(16-2)6-4-8/h3-6,10H,1-2H3,(H,12,13)(H,14,15)/t10-/m1/s1. The van der Waals surface area contributed by atoms with Crippen LogP contribution in [-0.4, -0.2) is 24.1 Å². The van der Waals surface area contributed by atoms with E-state index in [9.17, 15) is 9.59 Å². The van der Waals surface area contributed by atoms with Crippen molar-refractivity contribution in [3.63, 3.8) is 0 Å². The van der Waals surface area contributed by atoms with Crippen LogP contribution in [0.25, 0.3) is 0 Å². The molecule has 1 rings (SSSR count). The number of amides is 1. The molecule has 1 atom stereocenters. The first-order valence-electron chi connectivity index (χ1n) is 4.68. The summed E-state index contributed by atoms with van der Waals surface area (Å²) in [6, 6.07) is 5.48. The van der Waals surface area contributed by atoms with Gasteiger partial charge in [0.05, 0.1) is 7.11 Å². The molecule has 0 fully saturated rings. The molecule has 0 aliphatic heterocycles. The summed E-state index contributed by atoms with van der Waals surface area (Å²) in [5.74, 6) is -0.848. The first-order valence-corrected chi connectivity index (χ1v) is 4.68. The van der Waals surface area contributed by atoms with Crippen LogP contribution in [0, 0.1) is 0 Å². The summed E-state index contributed by atoms with van der Waals surface area (Å²) in [6.07, 6.45) is 0. The molecule has 0 aliphatic carbocycles. The van der Waals surface area contributed by atoms with Crippen molar-refractivity contribution < 1.29 is 19.4 Å². The number of aliphatic carboxylic acids is 1. The molecular formula is C11H13NO4. The van der Waals surface area contributed by atoms with Crippen LogP contribution in [0.2, 0.25) is 0 Å². The highest BCUT2D eigenvalue weighted by atomic mass is 16.5. The second-order valence-corrected chi connectivity index (χ2v) is 3.24. The quantitative estimate of drug-likeness (QED) is 0.797. The summed E-state index contributed by atoms with van der Waals surface area (Å²) in [7, 11) is 1.53. The van der Waals surface area contributed by atoms with Crippen molar-refractivity contribution in [3.8, 4) is 5.75 Å². The van der Waals surface area contributed by atoms with Gasteiger partial charge in [-0.3, -0.25) is 4.79 Å². The molecule has 0 unspecified atom stereocenters. The van der Waals surface area contributed by atoms with Gasteiger partial charge in [0.1, 0.15) is 5.75 Å². The predicted molar refractivity (Wildman–Crippen MR) is 57.2 cm³/mol. The molecule has 0 bridgehead atoms. The van der Waals surface area contributed by atoms with E-state index in [4.69, 9.17) is 9.84 Å². The number of nitrogens with one attached hydrogen (secondary N) is 1. The molecule has 16 heavy (non-hydrogen) atoms. The number of hydrogen-bond donors (Lipinski definition) is 2.